The van der Waals surface area contributed by atoms with Gasteiger partial charge in [-0.05, 0) is 114 Å². The Hall–Kier alpha value is -0.900. The fourth-order valence-electron chi connectivity index (χ4n) is 7.65. The van der Waals surface area contributed by atoms with Gasteiger partial charge in [-0.1, -0.05) is 55.7 Å². The van der Waals surface area contributed by atoms with Crippen molar-refractivity contribution in [2.24, 2.45) is 22.7 Å². The van der Waals surface area contributed by atoms with Crippen LogP contribution in [-0.2, 0) is 0 Å². The SMILES string of the molecule is C/C=C\C[C@@](C)(CCCC(C)(C)O)[C@H]1CCC2/C(=C/C=C3C[C@@H](O)C[C@H](O)C3)CCC[C@@]21C. The van der Waals surface area contributed by atoms with E-state index in [1.807, 2.05) is 13.8 Å². The van der Waals surface area contributed by atoms with E-state index in [-0.39, 0.29) is 5.41 Å². The average Bonchev–Trinajstić information content (AvgIpc) is 3.07. The van der Waals surface area contributed by atoms with E-state index in [2.05, 4.69) is 45.1 Å². The lowest BCUT2D eigenvalue weighted by Crippen LogP contribution is -2.41. The largest absolute Gasteiger partial charge is 0.393 e. The molecule has 3 heteroatoms. The van der Waals surface area contributed by atoms with E-state index in [4.69, 9.17) is 0 Å². The van der Waals surface area contributed by atoms with E-state index in [9.17, 15) is 15.3 Å². The molecule has 0 radical (unpaired) electrons. The molecule has 188 valence electrons. The molecule has 3 rings (SSSR count). The lowest BCUT2D eigenvalue weighted by atomic mass is 9.55. The summed E-state index contributed by atoms with van der Waals surface area (Å²) < 4.78 is 0. The highest BCUT2D eigenvalue weighted by molar-refractivity contribution is 5.26. The fourth-order valence-corrected chi connectivity index (χ4v) is 7.65. The van der Waals surface area contributed by atoms with Crippen LogP contribution in [0.15, 0.2) is 35.5 Å². The van der Waals surface area contributed by atoms with Gasteiger partial charge in [0.15, 0.2) is 0 Å². The van der Waals surface area contributed by atoms with Gasteiger partial charge in [0, 0.05) is 0 Å². The minimum atomic E-state index is -0.585. The van der Waals surface area contributed by atoms with E-state index in [1.54, 1.807) is 5.57 Å². The second-order valence-electron chi connectivity index (χ2n) is 12.7. The summed E-state index contributed by atoms with van der Waals surface area (Å²) in [5.41, 5.74) is 2.80. The maximum Gasteiger partial charge on any atom is 0.0602 e. The second-order valence-corrected chi connectivity index (χ2v) is 12.7. The third-order valence-corrected chi connectivity index (χ3v) is 9.24. The summed E-state index contributed by atoms with van der Waals surface area (Å²) in [6.07, 6.45) is 20.8. The molecule has 3 N–H and O–H groups in total. The summed E-state index contributed by atoms with van der Waals surface area (Å²) >= 11 is 0. The first-order valence-electron chi connectivity index (χ1n) is 13.5. The number of hydrogen-bond acceptors (Lipinski definition) is 3. The van der Waals surface area contributed by atoms with Crippen LogP contribution < -0.4 is 0 Å². The van der Waals surface area contributed by atoms with Crippen molar-refractivity contribution in [3.63, 3.8) is 0 Å². The van der Waals surface area contributed by atoms with Gasteiger partial charge >= 0.3 is 0 Å². The number of allylic oxidation sites excluding steroid dienone is 5. The molecule has 0 saturated heterocycles. The number of fused-ring (bicyclic) bond motifs is 1. The first kappa shape index (κ1) is 26.7. The molecule has 6 atom stereocenters. The Kier molecular flexibility index (Phi) is 8.73. The van der Waals surface area contributed by atoms with Crippen molar-refractivity contribution in [2.75, 3.05) is 0 Å². The lowest BCUT2D eigenvalue weighted by Gasteiger charge is -2.49. The van der Waals surface area contributed by atoms with Crippen LogP contribution in [0.25, 0.3) is 0 Å². The van der Waals surface area contributed by atoms with Crippen molar-refractivity contribution in [1.29, 1.82) is 0 Å². The quantitative estimate of drug-likeness (QED) is 0.348. The highest BCUT2D eigenvalue weighted by Crippen LogP contribution is 2.63. The van der Waals surface area contributed by atoms with Gasteiger partial charge in [-0.15, -0.1) is 0 Å². The summed E-state index contributed by atoms with van der Waals surface area (Å²) in [4.78, 5) is 0. The van der Waals surface area contributed by atoms with E-state index >= 15 is 0 Å². The van der Waals surface area contributed by atoms with Crippen LogP contribution in [0.4, 0.5) is 0 Å². The highest BCUT2D eigenvalue weighted by atomic mass is 16.3. The van der Waals surface area contributed by atoms with Gasteiger partial charge in [0.05, 0.1) is 17.8 Å². The van der Waals surface area contributed by atoms with Crippen LogP contribution in [0, 0.1) is 22.7 Å². The van der Waals surface area contributed by atoms with Crippen molar-refractivity contribution in [3.8, 4) is 0 Å². The van der Waals surface area contributed by atoms with E-state index in [0.29, 0.717) is 36.5 Å². The first-order valence-corrected chi connectivity index (χ1v) is 13.5. The van der Waals surface area contributed by atoms with Crippen molar-refractivity contribution in [3.05, 3.63) is 35.5 Å². The molecule has 0 aromatic rings. The Labute approximate surface area is 203 Å². The number of rotatable bonds is 8. The van der Waals surface area contributed by atoms with Crippen molar-refractivity contribution in [1.82, 2.24) is 0 Å². The van der Waals surface area contributed by atoms with Crippen LogP contribution >= 0.6 is 0 Å². The Bertz CT molecular complexity index is 730. The van der Waals surface area contributed by atoms with Gasteiger partial charge < -0.3 is 15.3 Å². The lowest BCUT2D eigenvalue weighted by molar-refractivity contribution is 0.0194. The molecule has 0 bridgehead atoms. The van der Waals surface area contributed by atoms with Crippen LogP contribution in [-0.4, -0.2) is 33.1 Å². The molecule has 3 fully saturated rings. The maximum atomic E-state index is 10.3. The Morgan fingerprint density at radius 1 is 1.03 bits per heavy atom. The number of aliphatic hydroxyl groups excluding tert-OH is 2. The molecule has 3 aliphatic carbocycles. The topological polar surface area (TPSA) is 60.7 Å². The van der Waals surface area contributed by atoms with E-state index in [0.717, 1.165) is 19.3 Å². The fraction of sp³-hybridized carbons (Fsp3) is 0.800. The zero-order valence-electron chi connectivity index (χ0n) is 21.9. The molecule has 0 aromatic carbocycles. The van der Waals surface area contributed by atoms with Crippen LogP contribution in [0.5, 0.6) is 0 Å². The van der Waals surface area contributed by atoms with Gasteiger partial charge in [0.25, 0.3) is 0 Å². The van der Waals surface area contributed by atoms with Gasteiger partial charge in [0.1, 0.15) is 0 Å². The van der Waals surface area contributed by atoms with E-state index < -0.39 is 17.8 Å². The summed E-state index contributed by atoms with van der Waals surface area (Å²) in [7, 11) is 0. The zero-order valence-corrected chi connectivity index (χ0v) is 21.9. The predicted octanol–water partition coefficient (Wildman–Crippen LogP) is 6.88. The van der Waals surface area contributed by atoms with Gasteiger partial charge in [-0.2, -0.15) is 0 Å². The highest BCUT2D eigenvalue weighted by Gasteiger charge is 2.54. The third-order valence-electron chi connectivity index (χ3n) is 9.24. The minimum Gasteiger partial charge on any atom is -0.393 e. The molecule has 0 amide bonds. The molecule has 0 aliphatic heterocycles. The van der Waals surface area contributed by atoms with Crippen molar-refractivity contribution >= 4 is 0 Å². The summed E-state index contributed by atoms with van der Waals surface area (Å²) in [5, 5.41) is 30.4. The summed E-state index contributed by atoms with van der Waals surface area (Å²) in [6, 6.07) is 0. The Balaban J connectivity index is 1.80. The molecule has 3 nitrogen and oxygen atoms in total. The molecular weight excluding hydrogens is 408 g/mol. The molecule has 3 aliphatic rings. The van der Waals surface area contributed by atoms with Gasteiger partial charge in [-0.25, -0.2) is 0 Å². The zero-order chi connectivity index (χ0) is 24.3. The van der Waals surface area contributed by atoms with Crippen LogP contribution in [0.3, 0.4) is 0 Å². The van der Waals surface area contributed by atoms with Gasteiger partial charge in [-0.3, -0.25) is 0 Å². The molecule has 0 heterocycles. The second kappa shape index (κ2) is 10.8. The van der Waals surface area contributed by atoms with Crippen molar-refractivity contribution < 1.29 is 15.3 Å². The van der Waals surface area contributed by atoms with Crippen LogP contribution in [0.2, 0.25) is 0 Å². The monoisotopic (exact) mass is 458 g/mol. The summed E-state index contributed by atoms with van der Waals surface area (Å²) in [5.74, 6) is 1.34. The molecule has 0 aromatic heterocycles. The maximum absolute atomic E-state index is 10.3. The molecule has 33 heavy (non-hydrogen) atoms. The molecule has 1 unspecified atom stereocenters. The van der Waals surface area contributed by atoms with Crippen molar-refractivity contribution in [2.45, 2.75) is 129 Å². The molecule has 0 spiro atoms. The predicted molar refractivity (Wildman–Crippen MR) is 138 cm³/mol. The normalized spacial score (nSPS) is 36.2. The first-order chi connectivity index (χ1) is 15.5. The standard InChI is InChI=1S/C30H50O3/c1-6-7-16-29(4,17-9-15-28(2,3)33)27-14-13-26-23(10-8-18-30(26,27)5)12-11-22-19-24(31)21-25(32)20-22/h6-7,11-12,24-27,31-33H,8-10,13-21H2,1-5H3/b7-6-,23-12+/t24-,25-,26?,27-,29+,30+/m1/s1. The Morgan fingerprint density at radius 2 is 1.73 bits per heavy atom. The smallest absolute Gasteiger partial charge is 0.0602 e. The number of aliphatic hydroxyl groups is 3. The van der Waals surface area contributed by atoms with E-state index in [1.165, 1.54) is 44.1 Å². The average molecular weight is 459 g/mol. The minimum absolute atomic E-state index is 0.264. The summed E-state index contributed by atoms with van der Waals surface area (Å²) in [6.45, 7) is 11.1. The van der Waals surface area contributed by atoms with Crippen LogP contribution in [0.1, 0.15) is 112 Å². The molecular formula is C30H50O3. The third kappa shape index (κ3) is 6.61. The van der Waals surface area contributed by atoms with Gasteiger partial charge in [0.2, 0.25) is 0 Å². The Morgan fingerprint density at radius 3 is 2.36 bits per heavy atom. The number of hydrogen-bond donors (Lipinski definition) is 3. The molecule has 3 saturated carbocycles.